The third kappa shape index (κ3) is 2.96. The molecule has 2 rings (SSSR count). The van der Waals surface area contributed by atoms with Crippen molar-refractivity contribution in [2.75, 3.05) is 5.32 Å². The number of aromatic nitrogens is 2. The molecule has 0 amide bonds. The van der Waals surface area contributed by atoms with Crippen molar-refractivity contribution in [3.8, 4) is 0 Å². The molecule has 1 aromatic carbocycles. The molecule has 1 aromatic heterocycles. The van der Waals surface area contributed by atoms with Crippen molar-refractivity contribution in [3.63, 3.8) is 0 Å². The first-order chi connectivity index (χ1) is 8.90. The third-order valence-electron chi connectivity index (χ3n) is 2.72. The molecule has 0 fully saturated rings. The minimum Gasteiger partial charge on any atom is -0.378 e. The average molecular weight is 323 g/mol. The van der Waals surface area contributed by atoms with E-state index in [1.54, 1.807) is 11.7 Å². The first-order valence-corrected chi connectivity index (χ1v) is 6.60. The van der Waals surface area contributed by atoms with Crippen LogP contribution in [0.25, 0.3) is 0 Å². The highest BCUT2D eigenvalue weighted by Gasteiger charge is 2.13. The molecule has 0 aliphatic rings. The summed E-state index contributed by atoms with van der Waals surface area (Å²) in [7, 11) is 1.76. The summed E-state index contributed by atoms with van der Waals surface area (Å²) in [6, 6.07) is 2.40. The number of hydrogen-bond donors (Lipinski definition) is 1. The number of rotatable bonds is 3. The maximum Gasteiger partial charge on any atom is 0.131 e. The number of anilines is 1. The number of benzene rings is 1. The van der Waals surface area contributed by atoms with Crippen LogP contribution in [0.5, 0.6) is 0 Å². The van der Waals surface area contributed by atoms with Crippen LogP contribution in [-0.2, 0) is 13.6 Å². The molecule has 0 atom stereocenters. The average Bonchev–Trinajstić information content (AvgIpc) is 2.53. The maximum atomic E-state index is 13.1. The van der Waals surface area contributed by atoms with Gasteiger partial charge in [0.25, 0.3) is 0 Å². The van der Waals surface area contributed by atoms with Crippen LogP contribution in [0.2, 0.25) is 15.2 Å². The molecule has 0 bridgehead atoms. The topological polar surface area (TPSA) is 29.9 Å². The van der Waals surface area contributed by atoms with Crippen LogP contribution in [0.3, 0.4) is 0 Å². The molecular formula is C12H11Cl3FN3. The minimum absolute atomic E-state index is 0.225. The van der Waals surface area contributed by atoms with Crippen molar-refractivity contribution in [2.24, 2.45) is 7.05 Å². The molecule has 0 aliphatic carbocycles. The Morgan fingerprint density at radius 2 is 1.84 bits per heavy atom. The van der Waals surface area contributed by atoms with Crippen LogP contribution in [-0.4, -0.2) is 9.78 Å². The van der Waals surface area contributed by atoms with Gasteiger partial charge in [-0.15, -0.1) is 0 Å². The van der Waals surface area contributed by atoms with Gasteiger partial charge in [-0.2, -0.15) is 5.10 Å². The van der Waals surface area contributed by atoms with Crippen LogP contribution < -0.4 is 5.32 Å². The molecule has 0 saturated carbocycles. The van der Waals surface area contributed by atoms with E-state index in [1.807, 2.05) is 6.92 Å². The molecule has 0 radical (unpaired) electrons. The standard InChI is InChI=1S/C12H11Cl3FN3/c1-6-8(12(15)19(2)18-6)5-17-11-9(13)3-7(16)4-10(11)14/h3-4,17H,5H2,1-2H3. The summed E-state index contributed by atoms with van der Waals surface area (Å²) in [4.78, 5) is 0. The lowest BCUT2D eigenvalue weighted by atomic mass is 10.2. The quantitative estimate of drug-likeness (QED) is 0.905. The Bertz CT molecular complexity index is 602. The Morgan fingerprint density at radius 3 is 2.32 bits per heavy atom. The molecule has 19 heavy (non-hydrogen) atoms. The lowest BCUT2D eigenvalue weighted by Gasteiger charge is -2.10. The molecule has 0 unspecified atom stereocenters. The summed E-state index contributed by atoms with van der Waals surface area (Å²) in [5, 5.41) is 8.24. The molecule has 0 saturated heterocycles. The first kappa shape index (κ1) is 14.4. The number of aryl methyl sites for hydroxylation is 2. The zero-order valence-corrected chi connectivity index (χ0v) is 12.5. The summed E-state index contributed by atoms with van der Waals surface area (Å²) in [5.74, 6) is -0.476. The van der Waals surface area contributed by atoms with Gasteiger partial charge in [0.2, 0.25) is 0 Å². The highest BCUT2D eigenvalue weighted by molar-refractivity contribution is 6.39. The summed E-state index contributed by atoms with van der Waals surface area (Å²) in [5.41, 5.74) is 2.14. The summed E-state index contributed by atoms with van der Waals surface area (Å²) < 4.78 is 14.7. The summed E-state index contributed by atoms with van der Waals surface area (Å²) in [6.45, 7) is 2.26. The predicted molar refractivity (Wildman–Crippen MR) is 76.7 cm³/mol. The Balaban J connectivity index is 2.24. The number of nitrogens with zero attached hydrogens (tertiary/aromatic N) is 2. The number of hydrogen-bond acceptors (Lipinski definition) is 2. The van der Waals surface area contributed by atoms with Crippen LogP contribution in [0.4, 0.5) is 10.1 Å². The second-order valence-corrected chi connectivity index (χ2v) is 5.25. The fourth-order valence-electron chi connectivity index (χ4n) is 1.76. The summed E-state index contributed by atoms with van der Waals surface area (Å²) >= 11 is 18.0. The molecule has 1 heterocycles. The second-order valence-electron chi connectivity index (χ2n) is 4.08. The summed E-state index contributed by atoms with van der Waals surface area (Å²) in [6.07, 6.45) is 0. The van der Waals surface area contributed by atoms with Gasteiger partial charge in [0.1, 0.15) is 11.0 Å². The van der Waals surface area contributed by atoms with Crippen molar-refractivity contribution in [2.45, 2.75) is 13.5 Å². The largest absolute Gasteiger partial charge is 0.378 e. The zero-order chi connectivity index (χ0) is 14.2. The maximum absolute atomic E-state index is 13.1. The molecule has 2 aromatic rings. The second kappa shape index (κ2) is 5.57. The van der Waals surface area contributed by atoms with Crippen LogP contribution in [0, 0.1) is 12.7 Å². The van der Waals surface area contributed by atoms with E-state index < -0.39 is 5.82 Å². The minimum atomic E-state index is -0.476. The molecule has 7 heteroatoms. The van der Waals surface area contributed by atoms with E-state index in [4.69, 9.17) is 34.8 Å². The monoisotopic (exact) mass is 321 g/mol. The Morgan fingerprint density at radius 1 is 1.26 bits per heavy atom. The van der Waals surface area contributed by atoms with E-state index >= 15 is 0 Å². The van der Waals surface area contributed by atoms with Crippen LogP contribution in [0.1, 0.15) is 11.3 Å². The Labute approximate surface area is 125 Å². The highest BCUT2D eigenvalue weighted by Crippen LogP contribution is 2.32. The van der Waals surface area contributed by atoms with Gasteiger partial charge in [0.05, 0.1) is 21.4 Å². The van der Waals surface area contributed by atoms with Gasteiger partial charge in [-0.3, -0.25) is 4.68 Å². The Hall–Kier alpha value is -0.970. The predicted octanol–water partition coefficient (Wildman–Crippen LogP) is 4.44. The van der Waals surface area contributed by atoms with Crippen molar-refractivity contribution >= 4 is 40.5 Å². The molecule has 102 valence electrons. The normalized spacial score (nSPS) is 10.8. The van der Waals surface area contributed by atoms with Gasteiger partial charge < -0.3 is 5.32 Å². The third-order valence-corrected chi connectivity index (χ3v) is 3.79. The smallest absolute Gasteiger partial charge is 0.131 e. The van der Waals surface area contributed by atoms with Gasteiger partial charge in [-0.05, 0) is 19.1 Å². The van der Waals surface area contributed by atoms with E-state index in [0.29, 0.717) is 17.4 Å². The van der Waals surface area contributed by atoms with Gasteiger partial charge in [-0.1, -0.05) is 34.8 Å². The number of nitrogens with one attached hydrogen (secondary N) is 1. The van der Waals surface area contributed by atoms with Crippen molar-refractivity contribution in [3.05, 3.63) is 44.4 Å². The van der Waals surface area contributed by atoms with Crippen molar-refractivity contribution in [1.82, 2.24) is 9.78 Å². The fraction of sp³-hybridized carbons (Fsp3) is 0.250. The lowest BCUT2D eigenvalue weighted by molar-refractivity contribution is 0.628. The highest BCUT2D eigenvalue weighted by atomic mass is 35.5. The van der Waals surface area contributed by atoms with Crippen molar-refractivity contribution < 1.29 is 4.39 Å². The molecule has 0 spiro atoms. The lowest BCUT2D eigenvalue weighted by Crippen LogP contribution is -2.02. The van der Waals surface area contributed by atoms with Gasteiger partial charge in [0.15, 0.2) is 0 Å². The van der Waals surface area contributed by atoms with Gasteiger partial charge in [0, 0.05) is 19.2 Å². The number of halogens is 4. The van der Waals surface area contributed by atoms with Crippen LogP contribution in [0.15, 0.2) is 12.1 Å². The first-order valence-electron chi connectivity index (χ1n) is 5.46. The Kier molecular flexibility index (Phi) is 4.23. The van der Waals surface area contributed by atoms with E-state index in [1.165, 1.54) is 12.1 Å². The SMILES string of the molecule is Cc1nn(C)c(Cl)c1CNc1c(Cl)cc(F)cc1Cl. The fourth-order valence-corrected chi connectivity index (χ4v) is 2.60. The molecule has 0 aliphatic heterocycles. The van der Waals surface area contributed by atoms with Crippen LogP contribution >= 0.6 is 34.8 Å². The van der Waals surface area contributed by atoms with E-state index in [-0.39, 0.29) is 10.0 Å². The molecule has 1 N–H and O–H groups in total. The van der Waals surface area contributed by atoms with Crippen molar-refractivity contribution in [1.29, 1.82) is 0 Å². The van der Waals surface area contributed by atoms with Gasteiger partial charge >= 0.3 is 0 Å². The zero-order valence-electron chi connectivity index (χ0n) is 10.3. The van der Waals surface area contributed by atoms with E-state index in [2.05, 4.69) is 10.4 Å². The van der Waals surface area contributed by atoms with Gasteiger partial charge in [-0.25, -0.2) is 4.39 Å². The van der Waals surface area contributed by atoms with E-state index in [0.717, 1.165) is 11.3 Å². The molecular weight excluding hydrogens is 312 g/mol. The van der Waals surface area contributed by atoms with E-state index in [9.17, 15) is 4.39 Å². The molecule has 3 nitrogen and oxygen atoms in total.